The molecule has 1 aliphatic heterocycles. The monoisotopic (exact) mass is 383 g/mol. The fraction of sp³-hybridized carbons (Fsp3) is 0.143. The Kier molecular flexibility index (Phi) is 4.21. The molecule has 1 aromatic carbocycles. The average Bonchev–Trinajstić information content (AvgIpc) is 2.76. The van der Waals surface area contributed by atoms with Crippen LogP contribution in [0.2, 0.25) is 5.02 Å². The first-order valence-corrected chi connectivity index (χ1v) is 8.19. The summed E-state index contributed by atoms with van der Waals surface area (Å²) in [6.45, 7) is 0. The molecule has 2 aromatic rings. The molecule has 1 amide bonds. The van der Waals surface area contributed by atoms with Crippen LogP contribution in [-0.2, 0) is 4.79 Å². The lowest BCUT2D eigenvalue weighted by Crippen LogP contribution is -2.23. The Labute approximate surface area is 139 Å². The van der Waals surface area contributed by atoms with Crippen LogP contribution in [0.15, 0.2) is 44.9 Å². The van der Waals surface area contributed by atoms with Gasteiger partial charge in [-0.1, -0.05) is 23.4 Å². The number of nitrogens with one attached hydrogen (secondary N) is 2. The molecule has 21 heavy (non-hydrogen) atoms. The minimum Gasteiger partial charge on any atom is -0.324 e. The SMILES string of the molecule is CNC1C(=O)Nc2cc(Sc3ncccc3Cl)c(Br)cc21. The number of halogens is 2. The third kappa shape index (κ3) is 2.81. The number of anilines is 1. The second-order valence-corrected chi connectivity index (χ2v) is 6.77. The minimum atomic E-state index is -0.311. The van der Waals surface area contributed by atoms with Crippen molar-refractivity contribution in [3.63, 3.8) is 0 Å². The topological polar surface area (TPSA) is 54.0 Å². The van der Waals surface area contributed by atoms with E-state index in [0.29, 0.717) is 5.02 Å². The maximum Gasteiger partial charge on any atom is 0.246 e. The van der Waals surface area contributed by atoms with Crippen LogP contribution in [-0.4, -0.2) is 17.9 Å². The summed E-state index contributed by atoms with van der Waals surface area (Å²) < 4.78 is 0.907. The van der Waals surface area contributed by atoms with Gasteiger partial charge in [-0.05, 0) is 47.2 Å². The van der Waals surface area contributed by atoms with E-state index in [-0.39, 0.29) is 11.9 Å². The van der Waals surface area contributed by atoms with Crippen LogP contribution in [0.5, 0.6) is 0 Å². The summed E-state index contributed by atoms with van der Waals surface area (Å²) in [6.07, 6.45) is 1.70. The van der Waals surface area contributed by atoms with Gasteiger partial charge < -0.3 is 10.6 Å². The summed E-state index contributed by atoms with van der Waals surface area (Å²) in [5.41, 5.74) is 1.75. The van der Waals surface area contributed by atoms with Gasteiger partial charge in [-0.3, -0.25) is 4.79 Å². The average molecular weight is 385 g/mol. The minimum absolute atomic E-state index is 0.0441. The van der Waals surface area contributed by atoms with Gasteiger partial charge in [-0.15, -0.1) is 0 Å². The number of carbonyl (C=O) groups is 1. The van der Waals surface area contributed by atoms with E-state index < -0.39 is 0 Å². The Balaban J connectivity index is 1.98. The molecule has 2 heterocycles. The fourth-order valence-electron chi connectivity index (χ4n) is 2.18. The lowest BCUT2D eigenvalue weighted by Gasteiger charge is -2.10. The largest absolute Gasteiger partial charge is 0.324 e. The highest BCUT2D eigenvalue weighted by molar-refractivity contribution is 9.10. The van der Waals surface area contributed by atoms with Gasteiger partial charge in [0.15, 0.2) is 0 Å². The molecule has 1 unspecified atom stereocenters. The molecule has 2 N–H and O–H groups in total. The van der Waals surface area contributed by atoms with Crippen molar-refractivity contribution in [2.75, 3.05) is 12.4 Å². The van der Waals surface area contributed by atoms with Crippen molar-refractivity contribution in [3.05, 3.63) is 45.5 Å². The van der Waals surface area contributed by atoms with E-state index in [1.165, 1.54) is 11.8 Å². The van der Waals surface area contributed by atoms with Gasteiger partial charge in [0, 0.05) is 26.8 Å². The van der Waals surface area contributed by atoms with E-state index >= 15 is 0 Å². The van der Waals surface area contributed by atoms with Crippen molar-refractivity contribution >= 4 is 50.9 Å². The quantitative estimate of drug-likeness (QED) is 0.844. The van der Waals surface area contributed by atoms with Gasteiger partial charge in [0.25, 0.3) is 0 Å². The predicted octanol–water partition coefficient (Wildman–Crippen LogP) is 3.86. The number of carbonyl (C=O) groups excluding carboxylic acids is 1. The smallest absolute Gasteiger partial charge is 0.246 e. The number of amides is 1. The van der Waals surface area contributed by atoms with Gasteiger partial charge >= 0.3 is 0 Å². The predicted molar refractivity (Wildman–Crippen MR) is 87.9 cm³/mol. The molecule has 0 saturated heterocycles. The molecular formula is C14H11BrClN3OS. The van der Waals surface area contributed by atoms with E-state index in [1.54, 1.807) is 25.4 Å². The maximum atomic E-state index is 11.9. The highest BCUT2D eigenvalue weighted by atomic mass is 79.9. The molecule has 0 saturated carbocycles. The molecule has 0 bridgehead atoms. The van der Waals surface area contributed by atoms with Crippen molar-refractivity contribution in [3.8, 4) is 0 Å². The van der Waals surface area contributed by atoms with Crippen LogP contribution in [0.4, 0.5) is 5.69 Å². The normalized spacial score (nSPS) is 16.7. The fourth-order valence-corrected chi connectivity index (χ4v) is 3.84. The zero-order chi connectivity index (χ0) is 15.0. The van der Waals surface area contributed by atoms with Crippen LogP contribution >= 0.6 is 39.3 Å². The lowest BCUT2D eigenvalue weighted by atomic mass is 10.1. The van der Waals surface area contributed by atoms with Crippen molar-refractivity contribution in [2.24, 2.45) is 0 Å². The van der Waals surface area contributed by atoms with Gasteiger partial charge in [0.05, 0.1) is 5.02 Å². The molecule has 1 aliphatic rings. The Morgan fingerprint density at radius 2 is 2.29 bits per heavy atom. The van der Waals surface area contributed by atoms with Crippen LogP contribution in [0.1, 0.15) is 11.6 Å². The molecule has 0 aliphatic carbocycles. The Hall–Kier alpha value is -1.08. The van der Waals surface area contributed by atoms with Crippen LogP contribution in [0.25, 0.3) is 0 Å². The van der Waals surface area contributed by atoms with Gasteiger partial charge in [0.1, 0.15) is 11.1 Å². The van der Waals surface area contributed by atoms with E-state index in [9.17, 15) is 4.79 Å². The third-order valence-corrected chi connectivity index (χ3v) is 5.57. The third-order valence-electron chi connectivity index (χ3n) is 3.16. The standard InChI is InChI=1S/C14H11BrClN3OS/c1-17-12-7-5-8(15)11(6-10(7)19-13(12)20)21-14-9(16)3-2-4-18-14/h2-6,12,17H,1H3,(H,19,20). The summed E-state index contributed by atoms with van der Waals surface area (Å²) in [5, 5.41) is 7.21. The number of rotatable bonds is 3. The summed E-state index contributed by atoms with van der Waals surface area (Å²) in [6, 6.07) is 7.17. The summed E-state index contributed by atoms with van der Waals surface area (Å²) in [4.78, 5) is 17.1. The highest BCUT2D eigenvalue weighted by Crippen LogP contribution is 2.42. The first-order chi connectivity index (χ1) is 10.1. The summed E-state index contributed by atoms with van der Waals surface area (Å²) in [5.74, 6) is -0.0441. The van der Waals surface area contributed by atoms with Crippen molar-refractivity contribution < 1.29 is 4.79 Å². The Morgan fingerprint density at radius 1 is 1.48 bits per heavy atom. The van der Waals surface area contributed by atoms with E-state index in [1.807, 2.05) is 12.1 Å². The molecule has 7 heteroatoms. The first-order valence-electron chi connectivity index (χ1n) is 6.20. The number of likely N-dealkylation sites (N-methyl/N-ethyl adjacent to an activating group) is 1. The molecule has 0 radical (unpaired) electrons. The van der Waals surface area contributed by atoms with E-state index in [0.717, 1.165) is 25.6 Å². The van der Waals surface area contributed by atoms with Gasteiger partial charge in [0.2, 0.25) is 5.91 Å². The Morgan fingerprint density at radius 3 is 3.00 bits per heavy atom. The number of benzene rings is 1. The van der Waals surface area contributed by atoms with Crippen LogP contribution in [0.3, 0.4) is 0 Å². The first kappa shape index (κ1) is 14.8. The molecule has 1 atom stereocenters. The molecule has 108 valence electrons. The van der Waals surface area contributed by atoms with E-state index in [2.05, 4.69) is 31.5 Å². The van der Waals surface area contributed by atoms with Crippen molar-refractivity contribution in [2.45, 2.75) is 16.0 Å². The molecule has 4 nitrogen and oxygen atoms in total. The summed E-state index contributed by atoms with van der Waals surface area (Å²) >= 11 is 11.1. The lowest BCUT2D eigenvalue weighted by molar-refractivity contribution is -0.117. The summed E-state index contributed by atoms with van der Waals surface area (Å²) in [7, 11) is 1.77. The van der Waals surface area contributed by atoms with Crippen LogP contribution < -0.4 is 10.6 Å². The van der Waals surface area contributed by atoms with Crippen molar-refractivity contribution in [1.29, 1.82) is 0 Å². The molecule has 0 spiro atoms. The second-order valence-electron chi connectivity index (χ2n) is 4.47. The molecule has 0 fully saturated rings. The molecule has 3 rings (SSSR count). The number of fused-ring (bicyclic) bond motifs is 1. The van der Waals surface area contributed by atoms with E-state index in [4.69, 9.17) is 11.6 Å². The van der Waals surface area contributed by atoms with Crippen LogP contribution in [0, 0.1) is 0 Å². The second kappa shape index (κ2) is 5.96. The number of pyridine rings is 1. The Bertz CT molecular complexity index is 725. The van der Waals surface area contributed by atoms with Gasteiger partial charge in [-0.2, -0.15) is 0 Å². The number of nitrogens with zero attached hydrogens (tertiary/aromatic N) is 1. The van der Waals surface area contributed by atoms with Crippen molar-refractivity contribution in [1.82, 2.24) is 10.3 Å². The molecule has 1 aromatic heterocycles. The zero-order valence-electron chi connectivity index (χ0n) is 11.0. The number of hydrogen-bond donors (Lipinski definition) is 2. The molecular weight excluding hydrogens is 374 g/mol. The van der Waals surface area contributed by atoms with Gasteiger partial charge in [-0.25, -0.2) is 4.98 Å². The number of hydrogen-bond acceptors (Lipinski definition) is 4. The number of aromatic nitrogens is 1. The zero-order valence-corrected chi connectivity index (χ0v) is 14.1. The highest BCUT2D eigenvalue weighted by Gasteiger charge is 2.30. The maximum absolute atomic E-state index is 11.9.